The first-order valence-corrected chi connectivity index (χ1v) is 9.74. The lowest BCUT2D eigenvalue weighted by atomic mass is 10.0. The average molecular weight is 351 g/mol. The number of carbonyl (C=O) groups is 1. The van der Waals surface area contributed by atoms with Gasteiger partial charge in [0.05, 0.1) is 12.7 Å². The third kappa shape index (κ3) is 3.74. The summed E-state index contributed by atoms with van der Waals surface area (Å²) in [6.07, 6.45) is 5.61. The van der Waals surface area contributed by atoms with E-state index in [0.29, 0.717) is 13.0 Å². The molecule has 1 N–H and O–H groups in total. The Kier molecular flexibility index (Phi) is 4.79. The highest BCUT2D eigenvalue weighted by Gasteiger charge is 2.16. The van der Waals surface area contributed by atoms with Gasteiger partial charge in [0, 0.05) is 28.1 Å². The smallest absolute Gasteiger partial charge is 0.224 e. The molecule has 1 heterocycles. The summed E-state index contributed by atoms with van der Waals surface area (Å²) in [5.74, 6) is 0.923. The first-order chi connectivity index (χ1) is 12.3. The fraction of sp³-hybridized carbons (Fsp3) is 0.286. The lowest BCUT2D eigenvalue weighted by Gasteiger charge is -2.05. The summed E-state index contributed by atoms with van der Waals surface area (Å²) >= 11 is 1.75. The zero-order chi connectivity index (χ0) is 17.1. The summed E-state index contributed by atoms with van der Waals surface area (Å²) in [7, 11) is 0. The van der Waals surface area contributed by atoms with Crippen LogP contribution in [0.2, 0.25) is 0 Å². The minimum Gasteiger partial charge on any atom is -0.464 e. The van der Waals surface area contributed by atoms with E-state index in [1.54, 1.807) is 18.0 Å². The maximum absolute atomic E-state index is 12.2. The van der Waals surface area contributed by atoms with E-state index in [1.807, 2.05) is 18.2 Å². The second kappa shape index (κ2) is 7.36. The van der Waals surface area contributed by atoms with Gasteiger partial charge in [0.15, 0.2) is 0 Å². The van der Waals surface area contributed by atoms with E-state index in [-0.39, 0.29) is 5.91 Å². The highest BCUT2D eigenvalue weighted by atomic mass is 32.2. The van der Waals surface area contributed by atoms with Crippen LogP contribution in [0.25, 0.3) is 11.0 Å². The van der Waals surface area contributed by atoms with Crippen molar-refractivity contribution in [2.75, 3.05) is 12.3 Å². The predicted molar refractivity (Wildman–Crippen MR) is 102 cm³/mol. The van der Waals surface area contributed by atoms with E-state index in [9.17, 15) is 4.79 Å². The molecule has 1 aliphatic carbocycles. The van der Waals surface area contributed by atoms with Crippen LogP contribution >= 0.6 is 11.8 Å². The van der Waals surface area contributed by atoms with Crippen LogP contribution in [-0.2, 0) is 24.1 Å². The molecular weight excluding hydrogens is 330 g/mol. The van der Waals surface area contributed by atoms with Crippen LogP contribution in [-0.4, -0.2) is 18.2 Å². The Bertz CT molecular complexity index is 886. The summed E-state index contributed by atoms with van der Waals surface area (Å²) in [5.41, 5.74) is 4.70. The normalized spacial score (nSPS) is 13.1. The molecule has 128 valence electrons. The Labute approximate surface area is 151 Å². The summed E-state index contributed by atoms with van der Waals surface area (Å²) in [5, 5.41) is 4.10. The molecule has 25 heavy (non-hydrogen) atoms. The molecule has 1 aliphatic rings. The fourth-order valence-corrected chi connectivity index (χ4v) is 4.19. The number of furan rings is 1. The maximum Gasteiger partial charge on any atom is 0.224 e. The van der Waals surface area contributed by atoms with Crippen molar-refractivity contribution < 1.29 is 9.21 Å². The topological polar surface area (TPSA) is 42.2 Å². The van der Waals surface area contributed by atoms with Gasteiger partial charge in [-0.15, -0.1) is 11.8 Å². The standard InChI is InChI=1S/C21H21NO2S/c23-21(22-9-10-25-18-7-2-1-3-8-18)13-17-14-24-20-12-16-6-4-5-15(16)11-19(17)20/h1-3,7-8,11-12,14H,4-6,9-10,13H2,(H,22,23). The molecule has 1 aromatic heterocycles. The minimum atomic E-state index is 0.0526. The largest absolute Gasteiger partial charge is 0.464 e. The zero-order valence-electron chi connectivity index (χ0n) is 14.1. The third-order valence-electron chi connectivity index (χ3n) is 4.66. The number of benzene rings is 2. The SMILES string of the molecule is O=C(Cc1coc2cc3c(cc12)CCC3)NCCSc1ccccc1. The van der Waals surface area contributed by atoms with Gasteiger partial charge in [-0.25, -0.2) is 0 Å². The van der Waals surface area contributed by atoms with E-state index in [2.05, 4.69) is 29.6 Å². The van der Waals surface area contributed by atoms with Gasteiger partial charge < -0.3 is 9.73 Å². The quantitative estimate of drug-likeness (QED) is 0.529. The highest BCUT2D eigenvalue weighted by molar-refractivity contribution is 7.99. The molecular formula is C21H21NO2S. The van der Waals surface area contributed by atoms with Crippen LogP contribution in [0, 0.1) is 0 Å². The van der Waals surface area contributed by atoms with Crippen molar-refractivity contribution in [1.82, 2.24) is 5.32 Å². The van der Waals surface area contributed by atoms with Gasteiger partial charge in [-0.05, 0) is 54.7 Å². The highest BCUT2D eigenvalue weighted by Crippen LogP contribution is 2.30. The molecule has 0 unspecified atom stereocenters. The first-order valence-electron chi connectivity index (χ1n) is 8.76. The monoisotopic (exact) mass is 351 g/mol. The minimum absolute atomic E-state index is 0.0526. The molecule has 2 aromatic carbocycles. The number of hydrogen-bond acceptors (Lipinski definition) is 3. The molecule has 0 bridgehead atoms. The molecule has 0 atom stereocenters. The molecule has 4 heteroatoms. The number of fused-ring (bicyclic) bond motifs is 2. The van der Waals surface area contributed by atoms with Crippen molar-refractivity contribution in [1.29, 1.82) is 0 Å². The van der Waals surface area contributed by atoms with Gasteiger partial charge >= 0.3 is 0 Å². The molecule has 0 fully saturated rings. The maximum atomic E-state index is 12.2. The third-order valence-corrected chi connectivity index (χ3v) is 5.67. The van der Waals surface area contributed by atoms with Gasteiger partial charge in [-0.2, -0.15) is 0 Å². The van der Waals surface area contributed by atoms with E-state index in [1.165, 1.54) is 22.4 Å². The molecule has 0 spiro atoms. The summed E-state index contributed by atoms with van der Waals surface area (Å²) in [4.78, 5) is 13.5. The van der Waals surface area contributed by atoms with Crippen molar-refractivity contribution in [3.8, 4) is 0 Å². The summed E-state index contributed by atoms with van der Waals surface area (Å²) < 4.78 is 5.67. The molecule has 1 amide bonds. The molecule has 0 saturated carbocycles. The van der Waals surface area contributed by atoms with Crippen LogP contribution in [0.3, 0.4) is 0 Å². The van der Waals surface area contributed by atoms with Crippen LogP contribution < -0.4 is 5.32 Å². The van der Waals surface area contributed by atoms with Crippen LogP contribution in [0.1, 0.15) is 23.1 Å². The average Bonchev–Trinajstić information content (AvgIpc) is 3.24. The van der Waals surface area contributed by atoms with E-state index in [0.717, 1.165) is 35.1 Å². The molecule has 0 saturated heterocycles. The van der Waals surface area contributed by atoms with Crippen LogP contribution in [0.4, 0.5) is 0 Å². The lowest BCUT2D eigenvalue weighted by Crippen LogP contribution is -2.27. The van der Waals surface area contributed by atoms with Gasteiger partial charge in [-0.1, -0.05) is 18.2 Å². The van der Waals surface area contributed by atoms with Gasteiger partial charge in [0.25, 0.3) is 0 Å². The number of rotatable bonds is 6. The van der Waals surface area contributed by atoms with E-state index < -0.39 is 0 Å². The van der Waals surface area contributed by atoms with Crippen molar-refractivity contribution in [2.24, 2.45) is 0 Å². The van der Waals surface area contributed by atoms with Crippen molar-refractivity contribution in [2.45, 2.75) is 30.6 Å². The molecule has 0 aliphatic heterocycles. The second-order valence-electron chi connectivity index (χ2n) is 6.42. The van der Waals surface area contributed by atoms with Crippen LogP contribution in [0.15, 0.2) is 58.0 Å². The molecule has 0 radical (unpaired) electrons. The molecule has 4 rings (SSSR count). The van der Waals surface area contributed by atoms with Crippen LogP contribution in [0.5, 0.6) is 0 Å². The van der Waals surface area contributed by atoms with Crippen molar-refractivity contribution >= 4 is 28.6 Å². The predicted octanol–water partition coefficient (Wildman–Crippen LogP) is 4.37. The first kappa shape index (κ1) is 16.3. The van der Waals surface area contributed by atoms with Crippen molar-refractivity contribution in [3.05, 3.63) is 65.4 Å². The van der Waals surface area contributed by atoms with Gasteiger partial charge in [-0.3, -0.25) is 4.79 Å². The fourth-order valence-electron chi connectivity index (χ4n) is 3.40. The zero-order valence-corrected chi connectivity index (χ0v) is 14.9. The second-order valence-corrected chi connectivity index (χ2v) is 7.59. The number of aryl methyl sites for hydroxylation is 2. The number of carbonyl (C=O) groups excluding carboxylic acids is 1. The Hall–Kier alpha value is -2.20. The summed E-state index contributed by atoms with van der Waals surface area (Å²) in [6, 6.07) is 14.6. The number of nitrogens with one attached hydrogen (secondary N) is 1. The van der Waals surface area contributed by atoms with E-state index in [4.69, 9.17) is 4.42 Å². The Morgan fingerprint density at radius 2 is 1.92 bits per heavy atom. The van der Waals surface area contributed by atoms with Gasteiger partial charge in [0.2, 0.25) is 5.91 Å². The Morgan fingerprint density at radius 1 is 1.12 bits per heavy atom. The number of thioether (sulfide) groups is 1. The number of hydrogen-bond donors (Lipinski definition) is 1. The number of amides is 1. The molecule has 3 nitrogen and oxygen atoms in total. The summed E-state index contributed by atoms with van der Waals surface area (Å²) in [6.45, 7) is 0.670. The molecule has 3 aromatic rings. The van der Waals surface area contributed by atoms with Crippen molar-refractivity contribution in [3.63, 3.8) is 0 Å². The van der Waals surface area contributed by atoms with E-state index >= 15 is 0 Å². The Balaban J connectivity index is 1.32. The lowest BCUT2D eigenvalue weighted by molar-refractivity contribution is -0.120. The van der Waals surface area contributed by atoms with Gasteiger partial charge in [0.1, 0.15) is 5.58 Å². The Morgan fingerprint density at radius 3 is 2.76 bits per heavy atom.